The van der Waals surface area contributed by atoms with Gasteiger partial charge in [0.15, 0.2) is 0 Å². The van der Waals surface area contributed by atoms with Gasteiger partial charge in [-0.1, -0.05) is 13.8 Å². The molecule has 1 rings (SSSR count). The van der Waals surface area contributed by atoms with Gasteiger partial charge in [0.05, 0.1) is 0 Å². The summed E-state index contributed by atoms with van der Waals surface area (Å²) in [6.07, 6.45) is 2.60. The number of nitrogens with zero attached hydrogens (tertiary/aromatic N) is 1. The average Bonchev–Trinajstić information content (AvgIpc) is 2.42. The summed E-state index contributed by atoms with van der Waals surface area (Å²) in [5, 5.41) is 0. The monoisotopic (exact) mass is 307 g/mol. The molecule has 0 aliphatic carbocycles. The molecule has 1 saturated heterocycles. The molecule has 0 spiro atoms. The van der Waals surface area contributed by atoms with Gasteiger partial charge in [-0.25, -0.2) is 4.72 Å². The van der Waals surface area contributed by atoms with Crippen LogP contribution >= 0.6 is 0 Å². The molecule has 20 heavy (non-hydrogen) atoms. The van der Waals surface area contributed by atoms with Gasteiger partial charge < -0.3 is 10.5 Å². The Hall–Kier alpha value is -0.210. The predicted molar refractivity (Wildman–Crippen MR) is 80.5 cm³/mol. The average molecular weight is 307 g/mol. The van der Waals surface area contributed by atoms with E-state index in [9.17, 15) is 8.42 Å². The fourth-order valence-electron chi connectivity index (χ4n) is 2.22. The highest BCUT2D eigenvalue weighted by molar-refractivity contribution is 7.87. The zero-order chi connectivity index (χ0) is 15.0. The zero-order valence-electron chi connectivity index (χ0n) is 12.7. The highest BCUT2D eigenvalue weighted by Gasteiger charge is 2.27. The normalized spacial score (nSPS) is 21.5. The van der Waals surface area contributed by atoms with Crippen LogP contribution in [0.4, 0.5) is 0 Å². The first-order valence-electron chi connectivity index (χ1n) is 7.48. The second-order valence-corrected chi connectivity index (χ2v) is 7.58. The highest BCUT2D eigenvalue weighted by Crippen LogP contribution is 2.17. The molecule has 0 aromatic carbocycles. The van der Waals surface area contributed by atoms with Crippen molar-refractivity contribution in [3.8, 4) is 0 Å². The van der Waals surface area contributed by atoms with Gasteiger partial charge in [-0.3, -0.25) is 0 Å². The molecule has 3 N–H and O–H groups in total. The number of piperidine rings is 1. The highest BCUT2D eigenvalue weighted by atomic mass is 32.2. The van der Waals surface area contributed by atoms with Crippen LogP contribution in [0.25, 0.3) is 0 Å². The molecule has 6 nitrogen and oxygen atoms in total. The first kappa shape index (κ1) is 17.8. The van der Waals surface area contributed by atoms with Crippen molar-refractivity contribution in [2.45, 2.75) is 33.1 Å². The second-order valence-electron chi connectivity index (χ2n) is 5.82. The summed E-state index contributed by atoms with van der Waals surface area (Å²) in [6, 6.07) is 0. The number of nitrogens with two attached hydrogens (primary N) is 1. The molecule has 1 fully saturated rings. The lowest BCUT2D eigenvalue weighted by Crippen LogP contribution is -2.47. The summed E-state index contributed by atoms with van der Waals surface area (Å²) in [6.45, 7) is 7.59. The van der Waals surface area contributed by atoms with E-state index in [0.29, 0.717) is 45.1 Å². The van der Waals surface area contributed by atoms with E-state index in [1.807, 2.05) is 0 Å². The molecule has 1 aliphatic rings. The van der Waals surface area contributed by atoms with Gasteiger partial charge in [-0.05, 0) is 37.6 Å². The summed E-state index contributed by atoms with van der Waals surface area (Å²) in [5.74, 6) is 0.794. The van der Waals surface area contributed by atoms with Crippen molar-refractivity contribution in [3.63, 3.8) is 0 Å². The standard InChI is InChI=1S/C13H29N3O3S/c1-12(2)11-19-8-4-6-15-20(17,18)16-7-3-5-13(9-14)10-16/h12-13,15H,3-11,14H2,1-2H3. The Bertz CT molecular complexity index is 360. The topological polar surface area (TPSA) is 84.7 Å². The molecule has 0 aromatic rings. The minimum absolute atomic E-state index is 0.287. The smallest absolute Gasteiger partial charge is 0.279 e. The van der Waals surface area contributed by atoms with Crippen LogP contribution in [-0.2, 0) is 14.9 Å². The van der Waals surface area contributed by atoms with Gasteiger partial charge in [0.2, 0.25) is 0 Å². The maximum absolute atomic E-state index is 12.1. The van der Waals surface area contributed by atoms with Crippen LogP contribution in [0.2, 0.25) is 0 Å². The third-order valence-corrected chi connectivity index (χ3v) is 4.94. The molecule has 1 unspecified atom stereocenters. The Kier molecular flexibility index (Phi) is 7.98. The van der Waals surface area contributed by atoms with Gasteiger partial charge in [0, 0.05) is 32.8 Å². The van der Waals surface area contributed by atoms with E-state index in [4.69, 9.17) is 10.5 Å². The Morgan fingerprint density at radius 2 is 2.20 bits per heavy atom. The van der Waals surface area contributed by atoms with Crippen LogP contribution in [-0.4, -0.2) is 52.1 Å². The van der Waals surface area contributed by atoms with Crippen molar-refractivity contribution in [1.29, 1.82) is 0 Å². The van der Waals surface area contributed by atoms with E-state index < -0.39 is 10.2 Å². The minimum Gasteiger partial charge on any atom is -0.381 e. The van der Waals surface area contributed by atoms with Crippen LogP contribution in [0.1, 0.15) is 33.1 Å². The summed E-state index contributed by atoms with van der Waals surface area (Å²) < 4.78 is 33.8. The van der Waals surface area contributed by atoms with Crippen LogP contribution < -0.4 is 10.5 Å². The predicted octanol–water partition coefficient (Wildman–Crippen LogP) is 0.554. The lowest BCUT2D eigenvalue weighted by Gasteiger charge is -2.31. The largest absolute Gasteiger partial charge is 0.381 e. The molecule has 1 aliphatic heterocycles. The Morgan fingerprint density at radius 3 is 2.85 bits per heavy atom. The van der Waals surface area contributed by atoms with Gasteiger partial charge in [-0.2, -0.15) is 12.7 Å². The molecule has 120 valence electrons. The number of nitrogens with one attached hydrogen (secondary N) is 1. The third kappa shape index (κ3) is 6.49. The molecule has 0 bridgehead atoms. The molecule has 1 atom stereocenters. The van der Waals surface area contributed by atoms with E-state index in [0.717, 1.165) is 19.4 Å². The molecule has 0 aromatic heterocycles. The summed E-state index contributed by atoms with van der Waals surface area (Å²) >= 11 is 0. The second kappa shape index (κ2) is 8.94. The van der Waals surface area contributed by atoms with Crippen molar-refractivity contribution in [2.75, 3.05) is 39.4 Å². The molecule has 1 heterocycles. The number of rotatable bonds is 9. The fraction of sp³-hybridized carbons (Fsp3) is 1.00. The van der Waals surface area contributed by atoms with Crippen molar-refractivity contribution in [3.05, 3.63) is 0 Å². The molecule has 0 amide bonds. The Morgan fingerprint density at radius 1 is 1.45 bits per heavy atom. The van der Waals surface area contributed by atoms with Crippen molar-refractivity contribution >= 4 is 10.2 Å². The molecular weight excluding hydrogens is 278 g/mol. The zero-order valence-corrected chi connectivity index (χ0v) is 13.5. The van der Waals surface area contributed by atoms with Crippen LogP contribution in [0.5, 0.6) is 0 Å². The molecular formula is C13H29N3O3S. The lowest BCUT2D eigenvalue weighted by atomic mass is 10.0. The quantitative estimate of drug-likeness (QED) is 0.609. The van der Waals surface area contributed by atoms with Crippen molar-refractivity contribution in [1.82, 2.24) is 9.03 Å². The van der Waals surface area contributed by atoms with E-state index in [1.165, 1.54) is 4.31 Å². The first-order valence-corrected chi connectivity index (χ1v) is 8.92. The SMILES string of the molecule is CC(C)COCCCNS(=O)(=O)N1CCCC(CN)C1. The van der Waals surface area contributed by atoms with E-state index in [-0.39, 0.29) is 5.92 Å². The third-order valence-electron chi connectivity index (χ3n) is 3.36. The molecule has 0 radical (unpaired) electrons. The van der Waals surface area contributed by atoms with E-state index in [1.54, 1.807) is 0 Å². The van der Waals surface area contributed by atoms with Gasteiger partial charge >= 0.3 is 0 Å². The van der Waals surface area contributed by atoms with Crippen LogP contribution in [0.15, 0.2) is 0 Å². The summed E-state index contributed by atoms with van der Waals surface area (Å²) in [4.78, 5) is 0. The molecule has 0 saturated carbocycles. The number of hydrogen-bond acceptors (Lipinski definition) is 4. The Balaban J connectivity index is 2.24. The van der Waals surface area contributed by atoms with Crippen molar-refractivity contribution in [2.24, 2.45) is 17.6 Å². The van der Waals surface area contributed by atoms with E-state index >= 15 is 0 Å². The lowest BCUT2D eigenvalue weighted by molar-refractivity contribution is 0.108. The van der Waals surface area contributed by atoms with Gasteiger partial charge in [0.25, 0.3) is 10.2 Å². The number of ether oxygens (including phenoxy) is 1. The van der Waals surface area contributed by atoms with Gasteiger partial charge in [-0.15, -0.1) is 0 Å². The van der Waals surface area contributed by atoms with E-state index in [2.05, 4.69) is 18.6 Å². The van der Waals surface area contributed by atoms with Crippen molar-refractivity contribution < 1.29 is 13.2 Å². The van der Waals surface area contributed by atoms with Crippen LogP contribution in [0, 0.1) is 11.8 Å². The number of hydrogen-bond donors (Lipinski definition) is 2. The summed E-state index contributed by atoms with van der Waals surface area (Å²) in [5.41, 5.74) is 5.63. The molecule has 7 heteroatoms. The van der Waals surface area contributed by atoms with Crippen LogP contribution in [0.3, 0.4) is 0 Å². The summed E-state index contributed by atoms with van der Waals surface area (Å²) in [7, 11) is -3.36. The maximum Gasteiger partial charge on any atom is 0.279 e. The Labute approximate surface area is 123 Å². The maximum atomic E-state index is 12.1. The van der Waals surface area contributed by atoms with Gasteiger partial charge in [0.1, 0.15) is 0 Å². The fourth-order valence-corrected chi connectivity index (χ4v) is 3.58. The first-order chi connectivity index (χ1) is 9.45. The minimum atomic E-state index is -3.36.